The zero-order valence-corrected chi connectivity index (χ0v) is 9.91. The number of nitrogen functional groups attached to an aromatic ring is 1. The maximum atomic E-state index is 11.1. The van der Waals surface area contributed by atoms with Gasteiger partial charge in [0.15, 0.2) is 0 Å². The third-order valence-electron chi connectivity index (χ3n) is 3.13. The smallest absolute Gasteiger partial charge is 0.250 e. The van der Waals surface area contributed by atoms with E-state index in [0.29, 0.717) is 11.3 Å². The van der Waals surface area contributed by atoms with Crippen molar-refractivity contribution in [1.82, 2.24) is 0 Å². The first kappa shape index (κ1) is 11.8. The van der Waals surface area contributed by atoms with Crippen LogP contribution in [0.15, 0.2) is 18.2 Å². The van der Waals surface area contributed by atoms with Crippen molar-refractivity contribution in [1.29, 1.82) is 0 Å². The van der Waals surface area contributed by atoms with Crippen molar-refractivity contribution < 1.29 is 4.79 Å². The van der Waals surface area contributed by atoms with Crippen LogP contribution in [-0.2, 0) is 0 Å². The largest absolute Gasteiger partial charge is 0.398 e. The van der Waals surface area contributed by atoms with E-state index in [-0.39, 0.29) is 0 Å². The van der Waals surface area contributed by atoms with E-state index in [2.05, 4.69) is 5.32 Å². The summed E-state index contributed by atoms with van der Waals surface area (Å²) in [4.78, 5) is 11.1. The molecule has 0 aliphatic heterocycles. The van der Waals surface area contributed by atoms with Crippen molar-refractivity contribution in [2.24, 2.45) is 11.7 Å². The van der Waals surface area contributed by atoms with Crippen molar-refractivity contribution in [3.63, 3.8) is 0 Å². The summed E-state index contributed by atoms with van der Waals surface area (Å²) in [6, 6.07) is 5.30. The Kier molecular flexibility index (Phi) is 3.52. The lowest BCUT2D eigenvalue weighted by atomic mass is 10.1. The molecule has 1 aromatic carbocycles. The monoisotopic (exact) mass is 233 g/mol. The van der Waals surface area contributed by atoms with Gasteiger partial charge in [-0.15, -0.1) is 0 Å². The fourth-order valence-corrected chi connectivity index (χ4v) is 1.91. The Morgan fingerprint density at radius 1 is 1.41 bits per heavy atom. The van der Waals surface area contributed by atoms with Gasteiger partial charge >= 0.3 is 0 Å². The Labute approximate surface area is 101 Å². The number of amides is 1. The summed E-state index contributed by atoms with van der Waals surface area (Å²) in [5.74, 6) is 0.480. The van der Waals surface area contributed by atoms with Gasteiger partial charge in [0.2, 0.25) is 0 Å². The second kappa shape index (κ2) is 5.08. The van der Waals surface area contributed by atoms with Crippen LogP contribution in [0.2, 0.25) is 0 Å². The minimum Gasteiger partial charge on any atom is -0.398 e. The summed E-state index contributed by atoms with van der Waals surface area (Å²) in [6.45, 7) is 0.929. The van der Waals surface area contributed by atoms with E-state index in [1.54, 1.807) is 12.1 Å². The van der Waals surface area contributed by atoms with Crippen LogP contribution in [0, 0.1) is 5.92 Å². The summed E-state index contributed by atoms with van der Waals surface area (Å²) in [7, 11) is 0. The number of hydrogen-bond donors (Lipinski definition) is 3. The Hall–Kier alpha value is -1.71. The minimum absolute atomic E-state index is 0.386. The second-order valence-corrected chi connectivity index (χ2v) is 4.68. The summed E-state index contributed by atoms with van der Waals surface area (Å²) in [5, 5.41) is 3.29. The fourth-order valence-electron chi connectivity index (χ4n) is 1.91. The van der Waals surface area contributed by atoms with Crippen LogP contribution in [-0.4, -0.2) is 12.5 Å². The molecule has 1 saturated carbocycles. The van der Waals surface area contributed by atoms with Crippen LogP contribution in [0.4, 0.5) is 11.4 Å². The van der Waals surface area contributed by atoms with E-state index in [4.69, 9.17) is 11.5 Å². The molecule has 1 amide bonds. The highest BCUT2D eigenvalue weighted by molar-refractivity contribution is 5.98. The number of carbonyl (C=O) groups is 1. The number of anilines is 2. The first-order valence-corrected chi connectivity index (χ1v) is 6.10. The highest BCUT2D eigenvalue weighted by Gasteiger charge is 2.19. The van der Waals surface area contributed by atoms with E-state index in [9.17, 15) is 4.79 Å². The van der Waals surface area contributed by atoms with E-state index >= 15 is 0 Å². The van der Waals surface area contributed by atoms with E-state index < -0.39 is 5.91 Å². The first-order valence-electron chi connectivity index (χ1n) is 6.10. The van der Waals surface area contributed by atoms with Gasteiger partial charge in [-0.25, -0.2) is 0 Å². The zero-order chi connectivity index (χ0) is 12.3. The third kappa shape index (κ3) is 3.37. The maximum absolute atomic E-state index is 11.1. The maximum Gasteiger partial charge on any atom is 0.250 e. The van der Waals surface area contributed by atoms with Crippen molar-refractivity contribution in [2.45, 2.75) is 25.7 Å². The third-order valence-corrected chi connectivity index (χ3v) is 3.13. The molecule has 5 N–H and O–H groups in total. The Morgan fingerprint density at radius 2 is 2.18 bits per heavy atom. The Balaban J connectivity index is 1.86. The molecular formula is C13H19N3O. The SMILES string of the molecule is NC(=O)c1cc(NCCCC2CC2)ccc1N. The van der Waals surface area contributed by atoms with Gasteiger partial charge in [-0.1, -0.05) is 12.8 Å². The number of rotatable bonds is 6. The Morgan fingerprint density at radius 3 is 2.82 bits per heavy atom. The van der Waals surface area contributed by atoms with Crippen molar-refractivity contribution in [2.75, 3.05) is 17.6 Å². The van der Waals surface area contributed by atoms with Crippen LogP contribution in [0.5, 0.6) is 0 Å². The fraction of sp³-hybridized carbons (Fsp3) is 0.462. The van der Waals surface area contributed by atoms with Gasteiger partial charge in [-0.2, -0.15) is 0 Å². The number of primary amides is 1. The average molecular weight is 233 g/mol. The molecule has 0 bridgehead atoms. The van der Waals surface area contributed by atoms with Gasteiger partial charge in [0.05, 0.1) is 5.56 Å². The van der Waals surface area contributed by atoms with Crippen LogP contribution in [0.1, 0.15) is 36.0 Å². The van der Waals surface area contributed by atoms with Gasteiger partial charge in [-0.05, 0) is 37.0 Å². The summed E-state index contributed by atoms with van der Waals surface area (Å²) in [6.07, 6.45) is 5.26. The number of hydrogen-bond acceptors (Lipinski definition) is 3. The lowest BCUT2D eigenvalue weighted by Crippen LogP contribution is -2.14. The van der Waals surface area contributed by atoms with E-state index in [0.717, 1.165) is 18.2 Å². The van der Waals surface area contributed by atoms with Gasteiger partial charge in [-0.3, -0.25) is 4.79 Å². The molecule has 17 heavy (non-hydrogen) atoms. The van der Waals surface area contributed by atoms with Crippen LogP contribution < -0.4 is 16.8 Å². The highest BCUT2D eigenvalue weighted by Crippen LogP contribution is 2.33. The lowest BCUT2D eigenvalue weighted by molar-refractivity contribution is 0.100. The van der Waals surface area contributed by atoms with Crippen molar-refractivity contribution >= 4 is 17.3 Å². The standard InChI is InChI=1S/C13H19N3O/c14-12-6-5-10(8-11(12)13(15)17)16-7-1-2-9-3-4-9/h5-6,8-9,16H,1-4,7,14H2,(H2,15,17). The average Bonchev–Trinajstić information content (AvgIpc) is 3.10. The molecule has 0 atom stereocenters. The van der Waals surface area contributed by atoms with Crippen molar-refractivity contribution in [3.05, 3.63) is 23.8 Å². The molecule has 92 valence electrons. The topological polar surface area (TPSA) is 81.1 Å². The molecule has 0 unspecified atom stereocenters. The molecule has 1 aliphatic carbocycles. The minimum atomic E-state index is -0.482. The number of nitrogens with one attached hydrogen (secondary N) is 1. The summed E-state index contributed by atoms with van der Waals surface area (Å²) >= 11 is 0. The normalized spacial score (nSPS) is 14.6. The van der Waals surface area contributed by atoms with Crippen molar-refractivity contribution in [3.8, 4) is 0 Å². The molecule has 0 spiro atoms. The quantitative estimate of drug-likeness (QED) is 0.519. The van der Waals surface area contributed by atoms with Crippen LogP contribution in [0.3, 0.4) is 0 Å². The van der Waals surface area contributed by atoms with Crippen LogP contribution >= 0.6 is 0 Å². The van der Waals surface area contributed by atoms with Gasteiger partial charge in [0.25, 0.3) is 5.91 Å². The highest BCUT2D eigenvalue weighted by atomic mass is 16.1. The molecule has 1 aliphatic rings. The van der Waals surface area contributed by atoms with Gasteiger partial charge < -0.3 is 16.8 Å². The number of benzene rings is 1. The molecule has 0 radical (unpaired) electrons. The number of carbonyl (C=O) groups excluding carboxylic acids is 1. The Bertz CT molecular complexity index is 413. The molecule has 1 aromatic rings. The van der Waals surface area contributed by atoms with Gasteiger partial charge in [0.1, 0.15) is 0 Å². The van der Waals surface area contributed by atoms with Gasteiger partial charge in [0, 0.05) is 17.9 Å². The molecule has 4 heteroatoms. The molecule has 2 rings (SSSR count). The summed E-state index contributed by atoms with van der Waals surface area (Å²) < 4.78 is 0. The van der Waals surface area contributed by atoms with E-state index in [1.807, 2.05) is 6.07 Å². The second-order valence-electron chi connectivity index (χ2n) is 4.68. The zero-order valence-electron chi connectivity index (χ0n) is 9.91. The first-order chi connectivity index (χ1) is 8.16. The summed E-state index contributed by atoms with van der Waals surface area (Å²) in [5.41, 5.74) is 12.6. The molecule has 1 fully saturated rings. The molecule has 0 aromatic heterocycles. The predicted octanol–water partition coefficient (Wildman–Crippen LogP) is 1.97. The lowest BCUT2D eigenvalue weighted by Gasteiger charge is -2.08. The molecular weight excluding hydrogens is 214 g/mol. The molecule has 0 heterocycles. The van der Waals surface area contributed by atoms with Crippen LogP contribution in [0.25, 0.3) is 0 Å². The number of nitrogens with two attached hydrogens (primary N) is 2. The van der Waals surface area contributed by atoms with E-state index in [1.165, 1.54) is 25.7 Å². The molecule has 4 nitrogen and oxygen atoms in total. The molecule has 0 saturated heterocycles. The predicted molar refractivity (Wildman–Crippen MR) is 69.8 cm³/mol.